The molecule has 0 amide bonds. The fourth-order valence-electron chi connectivity index (χ4n) is 1.36. The molecule has 0 saturated heterocycles. The van der Waals surface area contributed by atoms with Crippen LogP contribution in [0.2, 0.25) is 5.02 Å². The third-order valence-corrected chi connectivity index (χ3v) is 3.02. The standard InChI is InChI=1S/C12H17ClN2O3/c1-12(2,18-3)8-14-7-9-4-5-10(15(16)17)6-11(9)13/h4-6,14H,7-8H2,1-3H3. The van der Waals surface area contributed by atoms with Crippen molar-refractivity contribution in [1.82, 2.24) is 5.32 Å². The summed E-state index contributed by atoms with van der Waals surface area (Å²) in [6.07, 6.45) is 0. The maximum absolute atomic E-state index is 10.6. The summed E-state index contributed by atoms with van der Waals surface area (Å²) in [7, 11) is 1.65. The predicted octanol–water partition coefficient (Wildman–Crippen LogP) is 2.76. The Kier molecular flexibility index (Phi) is 5.07. The van der Waals surface area contributed by atoms with Crippen LogP contribution in [-0.2, 0) is 11.3 Å². The van der Waals surface area contributed by atoms with Crippen LogP contribution in [0, 0.1) is 10.1 Å². The van der Waals surface area contributed by atoms with Crippen molar-refractivity contribution in [3.63, 3.8) is 0 Å². The maximum Gasteiger partial charge on any atom is 0.270 e. The summed E-state index contributed by atoms with van der Waals surface area (Å²) in [6.45, 7) is 5.15. The number of rotatable bonds is 6. The predicted molar refractivity (Wildman–Crippen MR) is 70.9 cm³/mol. The summed E-state index contributed by atoms with van der Waals surface area (Å²) in [5, 5.41) is 14.2. The number of nitro benzene ring substituents is 1. The highest BCUT2D eigenvalue weighted by Gasteiger charge is 2.16. The molecule has 0 fully saturated rings. The number of hydrogen-bond donors (Lipinski definition) is 1. The van der Waals surface area contributed by atoms with Gasteiger partial charge in [-0.25, -0.2) is 0 Å². The van der Waals surface area contributed by atoms with Crippen LogP contribution in [0.15, 0.2) is 18.2 Å². The van der Waals surface area contributed by atoms with Crippen molar-refractivity contribution in [1.29, 1.82) is 0 Å². The lowest BCUT2D eigenvalue weighted by atomic mass is 10.1. The molecule has 0 heterocycles. The number of nitrogens with one attached hydrogen (secondary N) is 1. The Hall–Kier alpha value is -1.17. The van der Waals surface area contributed by atoms with Crippen molar-refractivity contribution in [3.8, 4) is 0 Å². The molecule has 0 aliphatic rings. The number of hydrogen-bond acceptors (Lipinski definition) is 4. The van der Waals surface area contributed by atoms with Crippen molar-refractivity contribution in [3.05, 3.63) is 38.9 Å². The average Bonchev–Trinajstić information content (AvgIpc) is 2.31. The Morgan fingerprint density at radius 3 is 2.67 bits per heavy atom. The molecule has 5 nitrogen and oxygen atoms in total. The fraction of sp³-hybridized carbons (Fsp3) is 0.500. The lowest BCUT2D eigenvalue weighted by Crippen LogP contribution is -2.36. The van der Waals surface area contributed by atoms with Crippen molar-refractivity contribution in [2.75, 3.05) is 13.7 Å². The molecule has 0 aliphatic carbocycles. The van der Waals surface area contributed by atoms with Gasteiger partial charge in [0.05, 0.1) is 15.5 Å². The van der Waals surface area contributed by atoms with Crippen LogP contribution in [0.4, 0.5) is 5.69 Å². The number of nitro groups is 1. The zero-order valence-electron chi connectivity index (χ0n) is 10.7. The van der Waals surface area contributed by atoms with E-state index in [9.17, 15) is 10.1 Å². The van der Waals surface area contributed by atoms with Crippen LogP contribution >= 0.6 is 11.6 Å². The number of non-ortho nitro benzene ring substituents is 1. The van der Waals surface area contributed by atoms with Gasteiger partial charge in [0.15, 0.2) is 0 Å². The molecule has 1 rings (SSSR count). The molecule has 0 radical (unpaired) electrons. The van der Waals surface area contributed by atoms with E-state index in [1.807, 2.05) is 13.8 Å². The third-order valence-electron chi connectivity index (χ3n) is 2.67. The lowest BCUT2D eigenvalue weighted by molar-refractivity contribution is -0.384. The van der Waals surface area contributed by atoms with E-state index in [1.165, 1.54) is 12.1 Å². The fourth-order valence-corrected chi connectivity index (χ4v) is 1.61. The van der Waals surface area contributed by atoms with E-state index in [1.54, 1.807) is 13.2 Å². The van der Waals surface area contributed by atoms with E-state index in [-0.39, 0.29) is 11.3 Å². The van der Waals surface area contributed by atoms with Crippen LogP contribution in [-0.4, -0.2) is 24.2 Å². The Bertz CT molecular complexity index is 435. The van der Waals surface area contributed by atoms with Crippen molar-refractivity contribution < 1.29 is 9.66 Å². The second-order valence-electron chi connectivity index (χ2n) is 4.60. The second-order valence-corrected chi connectivity index (χ2v) is 5.01. The molecule has 0 unspecified atom stereocenters. The van der Waals surface area contributed by atoms with Gasteiger partial charge in [0.2, 0.25) is 0 Å². The quantitative estimate of drug-likeness (QED) is 0.639. The molecule has 18 heavy (non-hydrogen) atoms. The van der Waals surface area contributed by atoms with E-state index < -0.39 is 4.92 Å². The smallest absolute Gasteiger partial charge is 0.270 e. The first-order valence-electron chi connectivity index (χ1n) is 5.54. The number of methoxy groups -OCH3 is 1. The van der Waals surface area contributed by atoms with Gasteiger partial charge in [-0.2, -0.15) is 0 Å². The summed E-state index contributed by atoms with van der Waals surface area (Å²) in [5.74, 6) is 0. The van der Waals surface area contributed by atoms with Crippen molar-refractivity contribution in [2.45, 2.75) is 26.0 Å². The Balaban J connectivity index is 2.61. The van der Waals surface area contributed by atoms with Crippen LogP contribution in [0.3, 0.4) is 0 Å². The Morgan fingerprint density at radius 1 is 1.50 bits per heavy atom. The average molecular weight is 273 g/mol. The summed E-state index contributed by atoms with van der Waals surface area (Å²) < 4.78 is 5.27. The summed E-state index contributed by atoms with van der Waals surface area (Å²) >= 11 is 5.98. The maximum atomic E-state index is 10.6. The molecule has 0 bridgehead atoms. The molecule has 0 saturated carbocycles. The van der Waals surface area contributed by atoms with E-state index >= 15 is 0 Å². The molecule has 0 atom stereocenters. The zero-order chi connectivity index (χ0) is 13.8. The minimum absolute atomic E-state index is 0.000899. The van der Waals surface area contributed by atoms with Crippen molar-refractivity contribution >= 4 is 17.3 Å². The number of ether oxygens (including phenoxy) is 1. The van der Waals surface area contributed by atoms with Gasteiger partial charge >= 0.3 is 0 Å². The minimum atomic E-state index is -0.461. The van der Waals surface area contributed by atoms with E-state index in [0.29, 0.717) is 18.1 Å². The molecule has 1 aromatic rings. The van der Waals surface area contributed by atoms with Crippen LogP contribution in [0.1, 0.15) is 19.4 Å². The number of halogens is 1. The zero-order valence-corrected chi connectivity index (χ0v) is 11.5. The van der Waals surface area contributed by atoms with Gasteiger partial charge in [-0.05, 0) is 25.5 Å². The topological polar surface area (TPSA) is 64.4 Å². The molecule has 0 aliphatic heterocycles. The van der Waals surface area contributed by atoms with Crippen LogP contribution < -0.4 is 5.32 Å². The molecule has 6 heteroatoms. The highest BCUT2D eigenvalue weighted by Crippen LogP contribution is 2.22. The largest absolute Gasteiger partial charge is 0.377 e. The Morgan fingerprint density at radius 2 is 2.17 bits per heavy atom. The summed E-state index contributed by atoms with van der Waals surface area (Å²) in [5.41, 5.74) is 0.572. The molecule has 1 N–H and O–H groups in total. The molecular formula is C12H17ClN2O3. The first-order chi connectivity index (χ1) is 8.35. The van der Waals surface area contributed by atoms with E-state index in [4.69, 9.17) is 16.3 Å². The SMILES string of the molecule is COC(C)(C)CNCc1ccc([N+](=O)[O-])cc1Cl. The van der Waals surface area contributed by atoms with Gasteiger partial charge in [0.1, 0.15) is 0 Å². The Labute approximate surface area is 111 Å². The third kappa shape index (κ3) is 4.25. The lowest BCUT2D eigenvalue weighted by Gasteiger charge is -2.23. The first kappa shape index (κ1) is 14.9. The van der Waals surface area contributed by atoms with Gasteiger partial charge in [0, 0.05) is 32.3 Å². The minimum Gasteiger partial charge on any atom is -0.377 e. The highest BCUT2D eigenvalue weighted by molar-refractivity contribution is 6.31. The molecular weight excluding hydrogens is 256 g/mol. The second kappa shape index (κ2) is 6.13. The number of benzene rings is 1. The molecule has 0 spiro atoms. The highest BCUT2D eigenvalue weighted by atomic mass is 35.5. The summed E-state index contributed by atoms with van der Waals surface area (Å²) in [6, 6.07) is 4.47. The molecule has 0 aromatic heterocycles. The van der Waals surface area contributed by atoms with Gasteiger partial charge in [-0.1, -0.05) is 11.6 Å². The van der Waals surface area contributed by atoms with Crippen LogP contribution in [0.5, 0.6) is 0 Å². The summed E-state index contributed by atoms with van der Waals surface area (Å²) in [4.78, 5) is 10.1. The van der Waals surface area contributed by atoms with E-state index in [2.05, 4.69) is 5.32 Å². The van der Waals surface area contributed by atoms with Crippen molar-refractivity contribution in [2.24, 2.45) is 0 Å². The number of nitrogens with zero attached hydrogens (tertiary/aromatic N) is 1. The first-order valence-corrected chi connectivity index (χ1v) is 5.92. The molecule has 1 aromatic carbocycles. The normalized spacial score (nSPS) is 11.6. The van der Waals surface area contributed by atoms with Gasteiger partial charge in [0.25, 0.3) is 5.69 Å². The van der Waals surface area contributed by atoms with E-state index in [0.717, 1.165) is 5.56 Å². The van der Waals surface area contributed by atoms with Crippen LogP contribution in [0.25, 0.3) is 0 Å². The van der Waals surface area contributed by atoms with Gasteiger partial charge in [-0.3, -0.25) is 10.1 Å². The van der Waals surface area contributed by atoms with Gasteiger partial charge < -0.3 is 10.1 Å². The monoisotopic (exact) mass is 272 g/mol. The molecule has 100 valence electrons. The van der Waals surface area contributed by atoms with Gasteiger partial charge in [-0.15, -0.1) is 0 Å².